The molecule has 7 heteroatoms. The van der Waals surface area contributed by atoms with Gasteiger partial charge in [0.1, 0.15) is 34.5 Å². The number of ether oxygens (including phenoxy) is 6. The lowest BCUT2D eigenvalue weighted by Gasteiger charge is -2.27. The van der Waals surface area contributed by atoms with Crippen molar-refractivity contribution < 1.29 is 28.4 Å². The molecule has 1 aliphatic rings. The van der Waals surface area contributed by atoms with Crippen molar-refractivity contribution in [3.63, 3.8) is 0 Å². The Morgan fingerprint density at radius 1 is 0.537 bits per heavy atom. The van der Waals surface area contributed by atoms with E-state index in [1.807, 2.05) is 48.2 Å². The molecule has 0 amide bonds. The van der Waals surface area contributed by atoms with Gasteiger partial charge in [0.2, 0.25) is 0 Å². The number of thioether (sulfide) groups is 1. The van der Waals surface area contributed by atoms with E-state index >= 15 is 0 Å². The van der Waals surface area contributed by atoms with Gasteiger partial charge in [0.05, 0.1) is 42.7 Å². The number of benzene rings is 4. The minimum Gasteiger partial charge on any atom is -0.497 e. The topological polar surface area (TPSA) is 55.4 Å². The molecule has 0 bridgehead atoms. The molecule has 0 radical (unpaired) electrons. The molecule has 214 valence electrons. The largest absolute Gasteiger partial charge is 0.497 e. The van der Waals surface area contributed by atoms with Crippen molar-refractivity contribution in [3.05, 3.63) is 107 Å². The maximum atomic E-state index is 6.04. The van der Waals surface area contributed by atoms with Crippen LogP contribution in [0.2, 0.25) is 0 Å². The van der Waals surface area contributed by atoms with Gasteiger partial charge in [-0.05, 0) is 64.7 Å². The first-order chi connectivity index (χ1) is 20.0. The van der Waals surface area contributed by atoms with Crippen LogP contribution in [0.25, 0.3) is 0 Å². The number of methoxy groups -OCH3 is 6. The number of hydrogen-bond donors (Lipinski definition) is 0. The first-order valence-electron chi connectivity index (χ1n) is 13.4. The molecule has 4 aromatic rings. The Balaban J connectivity index is 1.70. The van der Waals surface area contributed by atoms with Gasteiger partial charge in [-0.1, -0.05) is 24.3 Å². The number of rotatable bonds is 11. The van der Waals surface area contributed by atoms with Gasteiger partial charge in [0, 0.05) is 40.5 Å². The molecule has 0 spiro atoms. The quantitative estimate of drug-likeness (QED) is 0.183. The average Bonchev–Trinajstić information content (AvgIpc) is 3.37. The number of hydrogen-bond acceptors (Lipinski definition) is 7. The van der Waals surface area contributed by atoms with Gasteiger partial charge in [-0.25, -0.2) is 0 Å². The third kappa shape index (κ3) is 5.77. The van der Waals surface area contributed by atoms with E-state index in [4.69, 9.17) is 28.4 Å². The summed E-state index contributed by atoms with van der Waals surface area (Å²) in [7, 11) is 10.2. The second-order valence-corrected chi connectivity index (χ2v) is 11.0. The fourth-order valence-electron chi connectivity index (χ4n) is 5.70. The summed E-state index contributed by atoms with van der Waals surface area (Å²) < 4.78 is 34.0. The molecule has 0 heterocycles. The maximum absolute atomic E-state index is 6.04. The minimum atomic E-state index is -0.0309. The van der Waals surface area contributed by atoms with Gasteiger partial charge in [-0.3, -0.25) is 0 Å². The molecule has 0 aromatic heterocycles. The van der Waals surface area contributed by atoms with Gasteiger partial charge in [-0.15, -0.1) is 11.8 Å². The van der Waals surface area contributed by atoms with Crippen LogP contribution in [-0.4, -0.2) is 42.7 Å². The second-order valence-electron chi connectivity index (χ2n) is 9.83. The van der Waals surface area contributed by atoms with Crippen molar-refractivity contribution in [2.75, 3.05) is 42.7 Å². The van der Waals surface area contributed by atoms with Crippen LogP contribution in [0.15, 0.2) is 78.9 Å². The molecule has 41 heavy (non-hydrogen) atoms. The highest BCUT2D eigenvalue weighted by Gasteiger charge is 2.45. The predicted molar refractivity (Wildman–Crippen MR) is 164 cm³/mol. The third-order valence-electron chi connectivity index (χ3n) is 7.73. The van der Waals surface area contributed by atoms with E-state index in [1.165, 1.54) is 16.7 Å². The zero-order valence-electron chi connectivity index (χ0n) is 24.3. The lowest BCUT2D eigenvalue weighted by molar-refractivity contribution is 0.388. The second kappa shape index (κ2) is 12.7. The van der Waals surface area contributed by atoms with Crippen LogP contribution in [-0.2, 0) is 5.75 Å². The van der Waals surface area contributed by atoms with Crippen LogP contribution < -0.4 is 28.4 Å². The maximum Gasteiger partial charge on any atom is 0.126 e. The Morgan fingerprint density at radius 2 is 1.07 bits per heavy atom. The van der Waals surface area contributed by atoms with E-state index in [9.17, 15) is 0 Å². The van der Waals surface area contributed by atoms with Crippen molar-refractivity contribution in [2.24, 2.45) is 0 Å². The monoisotopic (exact) mass is 572 g/mol. The van der Waals surface area contributed by atoms with E-state index in [-0.39, 0.29) is 17.1 Å². The molecule has 2 unspecified atom stereocenters. The lowest BCUT2D eigenvalue weighted by Crippen LogP contribution is -2.12. The Morgan fingerprint density at radius 3 is 1.61 bits per heavy atom. The van der Waals surface area contributed by atoms with E-state index < -0.39 is 0 Å². The smallest absolute Gasteiger partial charge is 0.126 e. The van der Waals surface area contributed by atoms with E-state index in [1.54, 1.807) is 42.7 Å². The van der Waals surface area contributed by atoms with Gasteiger partial charge < -0.3 is 28.4 Å². The highest BCUT2D eigenvalue weighted by Crippen LogP contribution is 2.62. The van der Waals surface area contributed by atoms with Crippen LogP contribution in [0.4, 0.5) is 0 Å². The Hall–Kier alpha value is -3.97. The first kappa shape index (κ1) is 28.6. The molecule has 4 aromatic carbocycles. The fourth-order valence-corrected chi connectivity index (χ4v) is 7.16. The Bertz CT molecular complexity index is 1450. The summed E-state index contributed by atoms with van der Waals surface area (Å²) in [6.45, 7) is 0. The fraction of sp³-hybridized carbons (Fsp3) is 0.294. The third-order valence-corrected chi connectivity index (χ3v) is 9.13. The van der Waals surface area contributed by atoms with Crippen molar-refractivity contribution in [1.82, 2.24) is 0 Å². The van der Waals surface area contributed by atoms with Crippen LogP contribution in [0.5, 0.6) is 34.5 Å². The molecule has 5 rings (SSSR count). The summed E-state index contributed by atoms with van der Waals surface area (Å²) in [4.78, 5) is 0. The Labute approximate surface area is 246 Å². The van der Waals surface area contributed by atoms with Crippen LogP contribution in [0.1, 0.15) is 44.9 Å². The van der Waals surface area contributed by atoms with Gasteiger partial charge in [0.25, 0.3) is 0 Å². The zero-order chi connectivity index (χ0) is 28.9. The lowest BCUT2D eigenvalue weighted by atomic mass is 9.81. The molecular formula is C34H36O6S. The molecule has 1 aliphatic carbocycles. The highest BCUT2D eigenvalue weighted by atomic mass is 32.2. The highest BCUT2D eigenvalue weighted by molar-refractivity contribution is 7.98. The average molecular weight is 573 g/mol. The van der Waals surface area contributed by atoms with Gasteiger partial charge in [-0.2, -0.15) is 0 Å². The normalized spacial score (nSPS) is 17.5. The molecular weight excluding hydrogens is 536 g/mol. The first-order valence-corrected chi connectivity index (χ1v) is 14.5. The van der Waals surface area contributed by atoms with E-state index in [0.29, 0.717) is 0 Å². The summed E-state index contributed by atoms with van der Waals surface area (Å²) in [5, 5.41) is 0.103. The minimum absolute atomic E-state index is 0.0309. The molecule has 0 saturated carbocycles. The van der Waals surface area contributed by atoms with Crippen LogP contribution >= 0.6 is 11.8 Å². The van der Waals surface area contributed by atoms with Gasteiger partial charge in [0.15, 0.2) is 0 Å². The zero-order valence-corrected chi connectivity index (χ0v) is 25.1. The Kier molecular flexibility index (Phi) is 8.84. The summed E-state index contributed by atoms with van der Waals surface area (Å²) in [6, 6.07) is 26.9. The number of fused-ring (bicyclic) bond motifs is 1. The molecule has 0 saturated heterocycles. The van der Waals surface area contributed by atoms with Crippen molar-refractivity contribution in [1.29, 1.82) is 0 Å². The summed E-state index contributed by atoms with van der Waals surface area (Å²) in [6.07, 6.45) is 0. The molecule has 0 aliphatic heterocycles. The molecule has 0 fully saturated rings. The predicted octanol–water partition coefficient (Wildman–Crippen LogP) is 7.64. The van der Waals surface area contributed by atoms with E-state index in [0.717, 1.165) is 51.4 Å². The molecule has 0 N–H and O–H groups in total. The van der Waals surface area contributed by atoms with Crippen molar-refractivity contribution in [3.8, 4) is 34.5 Å². The van der Waals surface area contributed by atoms with Gasteiger partial charge >= 0.3 is 0 Å². The molecule has 6 nitrogen and oxygen atoms in total. The summed E-state index contributed by atoms with van der Waals surface area (Å²) in [5.74, 6) is 5.62. The van der Waals surface area contributed by atoms with Crippen LogP contribution in [0, 0.1) is 0 Å². The van der Waals surface area contributed by atoms with E-state index in [2.05, 4.69) is 42.5 Å². The standard InChI is InChI=1S/C34H36O6S/c1-35-24-11-7-21(8-12-24)20-41-34-29-18-28(39-5)19-30(40-6)33(29)31(23-15-26(37-3)17-27(16-23)38-4)32(34)22-9-13-25(36-2)14-10-22/h7-19,31-32,34H,20H2,1-6H3/t31-,32?,34?/m1/s1. The van der Waals surface area contributed by atoms with Crippen molar-refractivity contribution >= 4 is 11.8 Å². The summed E-state index contributed by atoms with van der Waals surface area (Å²) >= 11 is 1.92. The SMILES string of the molecule is COc1ccc(CSC2c3cc(OC)cc(OC)c3[C@H](c3cc(OC)cc(OC)c3)C2c2ccc(OC)cc2)cc1. The summed E-state index contributed by atoms with van der Waals surface area (Å²) in [5.41, 5.74) is 5.89. The van der Waals surface area contributed by atoms with Crippen LogP contribution in [0.3, 0.4) is 0 Å². The van der Waals surface area contributed by atoms with Crippen molar-refractivity contribution in [2.45, 2.75) is 22.8 Å². The molecule has 3 atom stereocenters.